The molecule has 0 bridgehead atoms. The Morgan fingerprint density at radius 2 is 2.26 bits per heavy atom. The van der Waals surface area contributed by atoms with Gasteiger partial charge in [0.05, 0.1) is 5.69 Å². The zero-order valence-electron chi connectivity index (χ0n) is 11.2. The van der Waals surface area contributed by atoms with E-state index in [2.05, 4.69) is 27.1 Å². The second-order valence-electron chi connectivity index (χ2n) is 4.98. The highest BCUT2D eigenvalue weighted by Gasteiger charge is 2.16. The van der Waals surface area contributed by atoms with Gasteiger partial charge in [-0.05, 0) is 32.9 Å². The van der Waals surface area contributed by atoms with Crippen molar-refractivity contribution in [1.82, 2.24) is 20.2 Å². The largest absolute Gasteiger partial charge is 0.478 e. The molecule has 0 radical (unpaired) electrons. The number of rotatable bonds is 6. The number of nitrogens with one attached hydrogen (secondary N) is 1. The highest BCUT2D eigenvalue weighted by atomic mass is 16.4. The van der Waals surface area contributed by atoms with E-state index in [4.69, 9.17) is 5.11 Å². The first kappa shape index (κ1) is 13.9. The van der Waals surface area contributed by atoms with Gasteiger partial charge in [-0.25, -0.2) is 14.8 Å². The lowest BCUT2D eigenvalue weighted by Crippen LogP contribution is -2.38. The molecule has 104 valence electrons. The molecule has 1 atom stereocenters. The fourth-order valence-corrected chi connectivity index (χ4v) is 2.36. The summed E-state index contributed by atoms with van der Waals surface area (Å²) in [5.41, 5.74) is 0.708. The Hall–Kier alpha value is -1.53. The van der Waals surface area contributed by atoms with Crippen LogP contribution in [0.3, 0.4) is 0 Å². The smallest absolute Gasteiger partial charge is 0.339 e. The lowest BCUT2D eigenvalue weighted by molar-refractivity contribution is 0.0694. The molecule has 2 N–H and O–H groups in total. The molecule has 0 amide bonds. The van der Waals surface area contributed by atoms with Gasteiger partial charge in [0.2, 0.25) is 0 Å². The van der Waals surface area contributed by atoms with Crippen LogP contribution < -0.4 is 5.32 Å². The summed E-state index contributed by atoms with van der Waals surface area (Å²) in [5.74, 6) is -0.982. The Balaban J connectivity index is 1.85. The fourth-order valence-electron chi connectivity index (χ4n) is 2.36. The van der Waals surface area contributed by atoms with Gasteiger partial charge >= 0.3 is 5.97 Å². The van der Waals surface area contributed by atoms with E-state index >= 15 is 0 Å². The van der Waals surface area contributed by atoms with E-state index in [9.17, 15) is 4.79 Å². The van der Waals surface area contributed by atoms with Crippen molar-refractivity contribution in [2.45, 2.75) is 32.4 Å². The first-order valence-corrected chi connectivity index (χ1v) is 6.64. The Morgan fingerprint density at radius 1 is 1.53 bits per heavy atom. The van der Waals surface area contributed by atoms with Crippen LogP contribution >= 0.6 is 0 Å². The van der Waals surface area contributed by atoms with Gasteiger partial charge in [0.25, 0.3) is 0 Å². The van der Waals surface area contributed by atoms with Crippen molar-refractivity contribution >= 4 is 5.97 Å². The molecule has 19 heavy (non-hydrogen) atoms. The van der Waals surface area contributed by atoms with Crippen molar-refractivity contribution in [2.75, 3.05) is 19.6 Å². The van der Waals surface area contributed by atoms with Gasteiger partial charge in [0.1, 0.15) is 11.9 Å². The third-order valence-electron chi connectivity index (χ3n) is 3.37. The molecule has 1 aliphatic rings. The summed E-state index contributed by atoms with van der Waals surface area (Å²) in [5, 5.41) is 12.4. The number of hydrogen-bond donors (Lipinski definition) is 2. The minimum absolute atomic E-state index is 0.170. The van der Waals surface area contributed by atoms with Crippen molar-refractivity contribution < 1.29 is 9.90 Å². The van der Waals surface area contributed by atoms with Crippen LogP contribution in [0, 0.1) is 0 Å². The van der Waals surface area contributed by atoms with Gasteiger partial charge in [-0.15, -0.1) is 0 Å². The predicted octanol–water partition coefficient (Wildman–Crippen LogP) is 0.749. The van der Waals surface area contributed by atoms with Crippen LogP contribution in [-0.2, 0) is 6.54 Å². The van der Waals surface area contributed by atoms with Crippen LogP contribution in [0.5, 0.6) is 0 Å². The number of carboxylic acids is 1. The van der Waals surface area contributed by atoms with Gasteiger partial charge in [-0.1, -0.05) is 0 Å². The molecule has 6 nitrogen and oxygen atoms in total. The van der Waals surface area contributed by atoms with Crippen molar-refractivity contribution in [1.29, 1.82) is 0 Å². The molecule has 1 fully saturated rings. The number of aromatic nitrogens is 2. The number of carboxylic acid groups (broad SMARTS) is 1. The summed E-state index contributed by atoms with van der Waals surface area (Å²) in [7, 11) is 0. The normalized spacial score (nSPS) is 17.5. The minimum Gasteiger partial charge on any atom is -0.478 e. The third kappa shape index (κ3) is 3.97. The van der Waals surface area contributed by atoms with E-state index < -0.39 is 5.97 Å². The molecule has 2 rings (SSSR count). The maximum Gasteiger partial charge on any atom is 0.339 e. The van der Waals surface area contributed by atoms with Gasteiger partial charge in [-0.2, -0.15) is 0 Å². The lowest BCUT2D eigenvalue weighted by atomic mass is 10.2. The van der Waals surface area contributed by atoms with E-state index in [1.54, 1.807) is 0 Å². The van der Waals surface area contributed by atoms with Crippen LogP contribution in [0.4, 0.5) is 0 Å². The lowest BCUT2D eigenvalue weighted by Gasteiger charge is -2.21. The van der Waals surface area contributed by atoms with E-state index in [-0.39, 0.29) is 5.56 Å². The van der Waals surface area contributed by atoms with Crippen molar-refractivity contribution in [3.05, 3.63) is 23.8 Å². The highest BCUT2D eigenvalue weighted by molar-refractivity contribution is 5.88. The predicted molar refractivity (Wildman–Crippen MR) is 71.0 cm³/mol. The number of hydrogen-bond acceptors (Lipinski definition) is 5. The van der Waals surface area contributed by atoms with Crippen molar-refractivity contribution in [3.8, 4) is 0 Å². The van der Waals surface area contributed by atoms with Gasteiger partial charge in [0.15, 0.2) is 0 Å². The molecule has 0 aliphatic carbocycles. The Labute approximate surface area is 112 Å². The van der Waals surface area contributed by atoms with Crippen LogP contribution in [-0.4, -0.2) is 51.6 Å². The van der Waals surface area contributed by atoms with E-state index in [0.29, 0.717) is 18.3 Å². The Morgan fingerprint density at radius 3 is 2.95 bits per heavy atom. The topological polar surface area (TPSA) is 78.3 Å². The van der Waals surface area contributed by atoms with Gasteiger partial charge in [-0.3, -0.25) is 0 Å². The number of likely N-dealkylation sites (tertiary alicyclic amines) is 1. The molecule has 1 saturated heterocycles. The Kier molecular flexibility index (Phi) is 4.81. The molecule has 0 aromatic carbocycles. The number of carbonyl (C=O) groups is 1. The third-order valence-corrected chi connectivity index (χ3v) is 3.37. The van der Waals surface area contributed by atoms with Gasteiger partial charge < -0.3 is 15.3 Å². The number of aromatic carboxylic acids is 1. The monoisotopic (exact) mass is 264 g/mol. The van der Waals surface area contributed by atoms with E-state index in [1.165, 1.54) is 38.5 Å². The van der Waals surface area contributed by atoms with Crippen LogP contribution in [0.15, 0.2) is 12.5 Å². The van der Waals surface area contributed by atoms with Gasteiger partial charge in [0, 0.05) is 25.3 Å². The van der Waals surface area contributed by atoms with Crippen LogP contribution in [0.2, 0.25) is 0 Å². The van der Waals surface area contributed by atoms with Crippen molar-refractivity contribution in [2.24, 2.45) is 0 Å². The Bertz CT molecular complexity index is 432. The number of nitrogens with zero attached hydrogens (tertiary/aromatic N) is 3. The zero-order valence-corrected chi connectivity index (χ0v) is 11.2. The summed E-state index contributed by atoms with van der Waals surface area (Å²) >= 11 is 0. The fraction of sp³-hybridized carbons (Fsp3) is 0.615. The average molecular weight is 264 g/mol. The first-order chi connectivity index (χ1) is 9.16. The molecule has 1 aromatic heterocycles. The van der Waals surface area contributed by atoms with E-state index in [1.807, 2.05) is 0 Å². The van der Waals surface area contributed by atoms with Crippen molar-refractivity contribution in [3.63, 3.8) is 0 Å². The maximum absolute atomic E-state index is 11.0. The summed E-state index contributed by atoms with van der Waals surface area (Å²) in [4.78, 5) is 21.2. The SMILES string of the molecule is CC(CN1CCCC1)NCc1ncncc1C(=O)O. The molecule has 6 heteroatoms. The molecule has 0 saturated carbocycles. The van der Waals surface area contributed by atoms with Crippen LogP contribution in [0.1, 0.15) is 35.8 Å². The highest BCUT2D eigenvalue weighted by Crippen LogP contribution is 2.08. The molecule has 1 aromatic rings. The quantitative estimate of drug-likeness (QED) is 0.789. The summed E-state index contributed by atoms with van der Waals surface area (Å²) in [6, 6.07) is 0.315. The van der Waals surface area contributed by atoms with E-state index in [0.717, 1.165) is 6.54 Å². The minimum atomic E-state index is -0.982. The average Bonchev–Trinajstić information content (AvgIpc) is 2.89. The second-order valence-corrected chi connectivity index (χ2v) is 4.98. The maximum atomic E-state index is 11.0. The standard InChI is InChI=1S/C13H20N4O2/c1-10(8-17-4-2-3-5-17)15-7-12-11(13(18)19)6-14-9-16-12/h6,9-10,15H,2-5,7-8H2,1H3,(H,18,19). The first-order valence-electron chi connectivity index (χ1n) is 6.64. The molecular weight excluding hydrogens is 244 g/mol. The molecule has 2 heterocycles. The molecule has 0 spiro atoms. The summed E-state index contributed by atoms with van der Waals surface area (Å²) < 4.78 is 0. The molecule has 1 unspecified atom stereocenters. The summed E-state index contributed by atoms with van der Waals surface area (Å²) in [6.45, 7) is 5.90. The summed E-state index contributed by atoms with van der Waals surface area (Å²) in [6.07, 6.45) is 5.29. The van der Waals surface area contributed by atoms with Crippen LogP contribution in [0.25, 0.3) is 0 Å². The molecular formula is C13H20N4O2. The second kappa shape index (κ2) is 6.58. The molecule has 1 aliphatic heterocycles. The zero-order chi connectivity index (χ0) is 13.7.